The molecular formula is C22H29N7O. The summed E-state index contributed by atoms with van der Waals surface area (Å²) in [7, 11) is 0. The van der Waals surface area contributed by atoms with Crippen molar-refractivity contribution in [2.75, 3.05) is 0 Å². The van der Waals surface area contributed by atoms with Crippen LogP contribution in [0.15, 0.2) is 37.1 Å². The fourth-order valence-corrected chi connectivity index (χ4v) is 4.12. The van der Waals surface area contributed by atoms with Gasteiger partial charge in [-0.15, -0.1) is 0 Å². The minimum Gasteiger partial charge on any atom is -0.390 e. The van der Waals surface area contributed by atoms with Gasteiger partial charge in [0.2, 0.25) is 0 Å². The average Bonchev–Trinajstić information content (AvgIpc) is 3.37. The van der Waals surface area contributed by atoms with Crippen LogP contribution in [0.3, 0.4) is 0 Å². The van der Waals surface area contributed by atoms with Gasteiger partial charge in [-0.25, -0.2) is 9.50 Å². The molecule has 0 radical (unpaired) electrons. The summed E-state index contributed by atoms with van der Waals surface area (Å²) in [6.45, 7) is 6.17. The van der Waals surface area contributed by atoms with E-state index >= 15 is 0 Å². The number of rotatable bonds is 8. The highest BCUT2D eigenvalue weighted by atomic mass is 16.3. The number of allylic oxidation sites excluding steroid dienone is 1. The third-order valence-electron chi connectivity index (χ3n) is 5.88. The van der Waals surface area contributed by atoms with Crippen LogP contribution >= 0.6 is 0 Å². The lowest BCUT2D eigenvalue weighted by Crippen LogP contribution is -2.50. The number of hydrogen-bond donors (Lipinski definition) is 3. The van der Waals surface area contributed by atoms with Crippen molar-refractivity contribution >= 4 is 17.3 Å². The number of fused-ring (bicyclic) bond motifs is 1. The number of hydrogen-bond acceptors (Lipinski definition) is 6. The first kappa shape index (κ1) is 20.3. The summed E-state index contributed by atoms with van der Waals surface area (Å²) in [4.78, 5) is 4.87. The molecular weight excluding hydrogens is 378 g/mol. The van der Waals surface area contributed by atoms with Crippen molar-refractivity contribution in [3.63, 3.8) is 0 Å². The maximum absolute atomic E-state index is 9.92. The number of aromatic nitrogens is 5. The Kier molecular flexibility index (Phi) is 5.42. The van der Waals surface area contributed by atoms with Crippen molar-refractivity contribution in [1.29, 1.82) is 5.41 Å². The number of aliphatic hydroxyl groups is 1. The lowest BCUT2D eigenvalue weighted by molar-refractivity contribution is -0.0354. The molecule has 0 atom stereocenters. The van der Waals surface area contributed by atoms with Crippen LogP contribution in [0.2, 0.25) is 0 Å². The highest BCUT2D eigenvalue weighted by molar-refractivity contribution is 6.07. The van der Waals surface area contributed by atoms with E-state index in [9.17, 15) is 5.11 Å². The lowest BCUT2D eigenvalue weighted by Gasteiger charge is -2.41. The van der Waals surface area contributed by atoms with E-state index in [1.54, 1.807) is 10.7 Å². The first-order valence-electron chi connectivity index (χ1n) is 10.5. The molecule has 30 heavy (non-hydrogen) atoms. The van der Waals surface area contributed by atoms with Gasteiger partial charge < -0.3 is 15.8 Å². The molecule has 0 aromatic carbocycles. The second-order valence-corrected chi connectivity index (χ2v) is 8.33. The van der Waals surface area contributed by atoms with Gasteiger partial charge in [-0.3, -0.25) is 4.68 Å². The van der Waals surface area contributed by atoms with Gasteiger partial charge in [0.15, 0.2) is 0 Å². The highest BCUT2D eigenvalue weighted by Crippen LogP contribution is 2.31. The van der Waals surface area contributed by atoms with Crippen molar-refractivity contribution in [1.82, 2.24) is 29.7 Å². The minimum atomic E-state index is -0.593. The van der Waals surface area contributed by atoms with Crippen molar-refractivity contribution in [3.8, 4) is 11.3 Å². The van der Waals surface area contributed by atoms with Crippen molar-refractivity contribution < 1.29 is 5.11 Å². The topological polar surface area (TPSA) is 104 Å². The summed E-state index contributed by atoms with van der Waals surface area (Å²) in [5, 5.41) is 30.1. The summed E-state index contributed by atoms with van der Waals surface area (Å²) >= 11 is 0. The van der Waals surface area contributed by atoms with Crippen LogP contribution in [0.5, 0.6) is 0 Å². The second kappa shape index (κ2) is 8.02. The van der Waals surface area contributed by atoms with Gasteiger partial charge in [-0.05, 0) is 38.7 Å². The van der Waals surface area contributed by atoms with Crippen LogP contribution in [0.4, 0.5) is 0 Å². The highest BCUT2D eigenvalue weighted by Gasteiger charge is 2.37. The molecule has 158 valence electrons. The summed E-state index contributed by atoms with van der Waals surface area (Å²) < 4.78 is 3.80. The fourth-order valence-electron chi connectivity index (χ4n) is 4.12. The molecule has 8 heteroatoms. The molecule has 1 aliphatic carbocycles. The second-order valence-electron chi connectivity index (χ2n) is 8.33. The molecule has 1 saturated carbocycles. The van der Waals surface area contributed by atoms with Crippen LogP contribution in [0, 0.1) is 5.41 Å². The Balaban J connectivity index is 1.68. The third kappa shape index (κ3) is 3.87. The first-order valence-corrected chi connectivity index (χ1v) is 10.5. The largest absolute Gasteiger partial charge is 0.390 e. The molecule has 4 rings (SSSR count). The number of nitrogens with one attached hydrogen (secondary N) is 2. The smallest absolute Gasteiger partial charge is 0.0999 e. The Hall–Kier alpha value is -3.00. The van der Waals surface area contributed by atoms with E-state index in [-0.39, 0.29) is 6.04 Å². The summed E-state index contributed by atoms with van der Waals surface area (Å²) in [6, 6.07) is 2.51. The lowest BCUT2D eigenvalue weighted by atomic mass is 9.77. The summed E-state index contributed by atoms with van der Waals surface area (Å²) in [6.07, 6.45) is 14.0. The van der Waals surface area contributed by atoms with E-state index in [0.717, 1.165) is 29.6 Å². The zero-order chi connectivity index (χ0) is 21.3. The normalized spacial score (nSPS) is 21.8. The molecule has 0 bridgehead atoms. The van der Waals surface area contributed by atoms with Crippen molar-refractivity contribution in [3.05, 3.63) is 42.7 Å². The van der Waals surface area contributed by atoms with Crippen LogP contribution in [0.25, 0.3) is 22.3 Å². The van der Waals surface area contributed by atoms with Gasteiger partial charge in [-0.1, -0.05) is 13.8 Å². The van der Waals surface area contributed by atoms with Crippen LogP contribution in [-0.2, 0) is 0 Å². The van der Waals surface area contributed by atoms with Gasteiger partial charge in [-0.2, -0.15) is 10.2 Å². The van der Waals surface area contributed by atoms with Gasteiger partial charge in [0.05, 0.1) is 47.1 Å². The Morgan fingerprint density at radius 3 is 2.77 bits per heavy atom. The molecule has 0 spiro atoms. The van der Waals surface area contributed by atoms with E-state index in [1.807, 2.05) is 42.5 Å². The van der Waals surface area contributed by atoms with Gasteiger partial charge in [0.1, 0.15) is 0 Å². The molecule has 3 heterocycles. The molecule has 1 aliphatic rings. The molecule has 1 fully saturated rings. The van der Waals surface area contributed by atoms with Gasteiger partial charge >= 0.3 is 0 Å². The van der Waals surface area contributed by atoms with E-state index in [1.165, 1.54) is 6.21 Å². The zero-order valence-electron chi connectivity index (χ0n) is 17.7. The third-order valence-corrected chi connectivity index (χ3v) is 5.88. The molecule has 3 N–H and O–H groups in total. The van der Waals surface area contributed by atoms with E-state index in [4.69, 9.17) is 10.4 Å². The summed E-state index contributed by atoms with van der Waals surface area (Å²) in [5.41, 5.74) is 3.35. The van der Waals surface area contributed by atoms with E-state index in [0.29, 0.717) is 30.2 Å². The molecule has 0 saturated heterocycles. The minimum absolute atomic E-state index is 0.209. The molecule has 0 amide bonds. The quantitative estimate of drug-likeness (QED) is 0.496. The van der Waals surface area contributed by atoms with Crippen molar-refractivity contribution in [2.45, 2.75) is 64.1 Å². The Bertz CT molecular complexity index is 1070. The Morgan fingerprint density at radius 2 is 2.10 bits per heavy atom. The Morgan fingerprint density at radius 1 is 1.33 bits per heavy atom. The van der Waals surface area contributed by atoms with Crippen LogP contribution in [0.1, 0.15) is 58.2 Å². The summed E-state index contributed by atoms with van der Waals surface area (Å²) in [5.74, 6) is 0. The monoisotopic (exact) mass is 407 g/mol. The fraction of sp³-hybridized carbons (Fsp3) is 0.455. The van der Waals surface area contributed by atoms with Crippen LogP contribution in [-0.4, -0.2) is 47.3 Å². The van der Waals surface area contributed by atoms with Gasteiger partial charge in [0.25, 0.3) is 0 Å². The number of nitrogens with zero attached hydrogens (tertiary/aromatic N) is 5. The predicted octanol–water partition coefficient (Wildman–Crippen LogP) is 3.45. The maximum atomic E-state index is 9.92. The maximum Gasteiger partial charge on any atom is 0.0999 e. The zero-order valence-corrected chi connectivity index (χ0v) is 17.7. The van der Waals surface area contributed by atoms with E-state index in [2.05, 4.69) is 29.4 Å². The molecule has 0 aliphatic heterocycles. The Labute approximate surface area is 176 Å². The molecule has 8 nitrogen and oxygen atoms in total. The van der Waals surface area contributed by atoms with Crippen molar-refractivity contribution in [2.24, 2.45) is 0 Å². The predicted molar refractivity (Wildman–Crippen MR) is 117 cm³/mol. The average molecular weight is 408 g/mol. The van der Waals surface area contributed by atoms with Gasteiger partial charge in [0, 0.05) is 35.8 Å². The SMILES string of the molecule is CCC(CC)n1cc(-c2nc(/C(C=N)=C/NC3CC(C)(O)C3)cn3nccc23)cn1. The molecule has 3 aromatic rings. The molecule has 3 aromatic heterocycles. The van der Waals surface area contributed by atoms with Crippen LogP contribution < -0.4 is 5.32 Å². The first-order chi connectivity index (χ1) is 14.4. The van der Waals surface area contributed by atoms with E-state index < -0.39 is 5.60 Å². The molecule has 0 unspecified atom stereocenters. The standard InChI is InChI=1S/C22H29N7O/c1-4-18(5-2)28-13-16(12-26-28)21-20-6-7-25-29(20)14-19(27-21)15(10-23)11-24-17-8-22(3,30)9-17/h6-7,10-14,17-18,23-24,30H,4-5,8-9H2,1-3H3/b15-11+,23-10?.